The fraction of sp³-hybridized carbons (Fsp3) is 0.115. The van der Waals surface area contributed by atoms with Crippen LogP contribution < -0.4 is 24.4 Å². The minimum atomic E-state index is -0.837. The summed E-state index contributed by atoms with van der Waals surface area (Å²) in [4.78, 5) is 38.9. The van der Waals surface area contributed by atoms with Crippen LogP contribution in [0.1, 0.15) is 16.7 Å². The number of fused-ring (bicyclic) bond motifs is 1. The van der Waals surface area contributed by atoms with Crippen LogP contribution in [0.5, 0.6) is 17.2 Å². The molecule has 36 heavy (non-hydrogen) atoms. The van der Waals surface area contributed by atoms with Gasteiger partial charge in [0.05, 0.1) is 10.2 Å². The van der Waals surface area contributed by atoms with Crippen LogP contribution in [-0.2, 0) is 16.2 Å². The van der Waals surface area contributed by atoms with Crippen molar-refractivity contribution in [3.63, 3.8) is 0 Å². The molecular formula is C26H18BrClN2O6. The van der Waals surface area contributed by atoms with E-state index in [1.54, 1.807) is 37.3 Å². The van der Waals surface area contributed by atoms with Crippen molar-refractivity contribution in [2.24, 2.45) is 0 Å². The lowest BCUT2D eigenvalue weighted by Crippen LogP contribution is -2.54. The van der Waals surface area contributed by atoms with Gasteiger partial charge in [0.1, 0.15) is 17.9 Å². The molecule has 4 amide bonds. The standard InChI is InChI=1S/C26H18BrClN2O6/c1-14-2-5-17(11-20(14)28)30-25(32)18(24(31)29-26(30)33)8-15-3-6-21(19(27)9-15)34-12-16-4-7-22-23(10-16)36-13-35-22/h2-11H,12-13H2,1H3,(H,29,31,33)/b18-8-. The van der Waals surface area contributed by atoms with Crippen molar-refractivity contribution in [1.29, 1.82) is 0 Å². The van der Waals surface area contributed by atoms with Gasteiger partial charge in [0, 0.05) is 5.02 Å². The van der Waals surface area contributed by atoms with Crippen LogP contribution in [0.3, 0.4) is 0 Å². The van der Waals surface area contributed by atoms with Gasteiger partial charge in [-0.2, -0.15) is 0 Å². The van der Waals surface area contributed by atoms with Gasteiger partial charge >= 0.3 is 6.03 Å². The number of halogens is 2. The molecule has 0 bridgehead atoms. The molecule has 0 aromatic heterocycles. The molecule has 0 spiro atoms. The molecule has 3 aromatic carbocycles. The number of urea groups is 1. The third kappa shape index (κ3) is 4.67. The molecule has 10 heteroatoms. The van der Waals surface area contributed by atoms with Crippen molar-refractivity contribution in [3.8, 4) is 17.2 Å². The van der Waals surface area contributed by atoms with Crippen molar-refractivity contribution in [2.45, 2.75) is 13.5 Å². The molecule has 1 N–H and O–H groups in total. The molecule has 1 saturated heterocycles. The average Bonchev–Trinajstić information content (AvgIpc) is 3.31. The zero-order chi connectivity index (χ0) is 25.4. The fourth-order valence-electron chi connectivity index (χ4n) is 3.70. The average molecular weight is 570 g/mol. The van der Waals surface area contributed by atoms with Crippen LogP contribution in [0.2, 0.25) is 5.02 Å². The Bertz CT molecular complexity index is 1450. The number of ether oxygens (including phenoxy) is 3. The summed E-state index contributed by atoms with van der Waals surface area (Å²) in [6.07, 6.45) is 1.42. The first-order valence-corrected chi connectivity index (χ1v) is 12.0. The zero-order valence-corrected chi connectivity index (χ0v) is 21.2. The first-order chi connectivity index (χ1) is 17.3. The summed E-state index contributed by atoms with van der Waals surface area (Å²) >= 11 is 9.64. The zero-order valence-electron chi connectivity index (χ0n) is 18.8. The van der Waals surface area contributed by atoms with E-state index in [4.69, 9.17) is 25.8 Å². The summed E-state index contributed by atoms with van der Waals surface area (Å²) in [6.45, 7) is 2.31. The maximum absolute atomic E-state index is 13.1. The second kappa shape index (κ2) is 9.67. The Kier molecular flexibility index (Phi) is 6.42. The van der Waals surface area contributed by atoms with E-state index in [0.717, 1.165) is 16.0 Å². The highest BCUT2D eigenvalue weighted by molar-refractivity contribution is 9.10. The lowest BCUT2D eigenvalue weighted by molar-refractivity contribution is -0.122. The normalized spacial score (nSPS) is 15.9. The number of nitrogens with zero attached hydrogens (tertiary/aromatic N) is 1. The molecule has 0 atom stereocenters. The molecule has 3 aromatic rings. The molecule has 5 rings (SSSR count). The number of nitrogens with one attached hydrogen (secondary N) is 1. The number of benzene rings is 3. The molecule has 2 heterocycles. The van der Waals surface area contributed by atoms with Gasteiger partial charge in [-0.15, -0.1) is 0 Å². The molecule has 182 valence electrons. The molecule has 0 unspecified atom stereocenters. The molecule has 0 aliphatic carbocycles. The second-order valence-corrected chi connectivity index (χ2v) is 9.32. The molecule has 8 nitrogen and oxygen atoms in total. The van der Waals surface area contributed by atoms with Gasteiger partial charge in [-0.25, -0.2) is 9.69 Å². The highest BCUT2D eigenvalue weighted by Crippen LogP contribution is 2.34. The fourth-order valence-corrected chi connectivity index (χ4v) is 4.38. The lowest BCUT2D eigenvalue weighted by Gasteiger charge is -2.26. The highest BCUT2D eigenvalue weighted by atomic mass is 79.9. The van der Waals surface area contributed by atoms with Gasteiger partial charge in [0.25, 0.3) is 11.8 Å². The quantitative estimate of drug-likeness (QED) is 0.327. The Morgan fingerprint density at radius 1 is 1.06 bits per heavy atom. The Hall–Kier alpha value is -3.82. The van der Waals surface area contributed by atoms with E-state index < -0.39 is 17.8 Å². The van der Waals surface area contributed by atoms with Gasteiger partial charge in [-0.3, -0.25) is 14.9 Å². The minimum Gasteiger partial charge on any atom is -0.488 e. The first-order valence-electron chi connectivity index (χ1n) is 10.8. The first kappa shape index (κ1) is 23.9. The van der Waals surface area contributed by atoms with E-state index in [2.05, 4.69) is 21.2 Å². The van der Waals surface area contributed by atoms with Crippen molar-refractivity contribution < 1.29 is 28.6 Å². The Morgan fingerprint density at radius 3 is 2.64 bits per heavy atom. The SMILES string of the molecule is Cc1ccc(N2C(=O)NC(=O)/C(=C/c3ccc(OCc4ccc5c(c4)OCO5)c(Br)c3)C2=O)cc1Cl. The third-order valence-electron chi connectivity index (χ3n) is 5.61. The van der Waals surface area contributed by atoms with Crippen molar-refractivity contribution in [3.05, 3.63) is 86.4 Å². The number of barbiturate groups is 1. The van der Waals surface area contributed by atoms with Crippen LogP contribution in [0.15, 0.2) is 64.6 Å². The molecule has 2 aliphatic rings. The number of anilines is 1. The number of hydrogen-bond acceptors (Lipinski definition) is 6. The van der Waals surface area contributed by atoms with Crippen molar-refractivity contribution in [1.82, 2.24) is 5.32 Å². The minimum absolute atomic E-state index is 0.188. The summed E-state index contributed by atoms with van der Waals surface area (Å²) in [7, 11) is 0. The number of carbonyl (C=O) groups excluding carboxylic acids is 3. The maximum Gasteiger partial charge on any atom is 0.335 e. The number of aryl methyl sites for hydroxylation is 1. The number of hydrogen-bond donors (Lipinski definition) is 1. The van der Waals surface area contributed by atoms with Gasteiger partial charge in [-0.1, -0.05) is 29.8 Å². The molecule has 0 saturated carbocycles. The Morgan fingerprint density at radius 2 is 1.86 bits per heavy atom. The van der Waals surface area contributed by atoms with Crippen molar-refractivity contribution in [2.75, 3.05) is 11.7 Å². The van der Waals surface area contributed by atoms with E-state index in [1.807, 2.05) is 18.2 Å². The second-order valence-electron chi connectivity index (χ2n) is 8.06. The Balaban J connectivity index is 1.35. The largest absolute Gasteiger partial charge is 0.488 e. The lowest BCUT2D eigenvalue weighted by atomic mass is 10.1. The number of rotatable bonds is 5. The molecule has 2 aliphatic heterocycles. The van der Waals surface area contributed by atoms with Crippen LogP contribution in [-0.4, -0.2) is 24.6 Å². The van der Waals surface area contributed by atoms with Crippen LogP contribution in [0.4, 0.5) is 10.5 Å². The third-order valence-corrected chi connectivity index (χ3v) is 6.64. The van der Waals surface area contributed by atoms with Gasteiger partial charge in [0.2, 0.25) is 6.79 Å². The number of carbonyl (C=O) groups is 3. The summed E-state index contributed by atoms with van der Waals surface area (Å²) in [5.41, 5.74) is 2.34. The summed E-state index contributed by atoms with van der Waals surface area (Å²) in [5.74, 6) is 0.416. The van der Waals surface area contributed by atoms with Crippen LogP contribution in [0.25, 0.3) is 6.08 Å². The number of amides is 4. The summed E-state index contributed by atoms with van der Waals surface area (Å²) in [5, 5.41) is 2.60. The Labute approximate surface area is 219 Å². The summed E-state index contributed by atoms with van der Waals surface area (Å²) < 4.78 is 17.2. The topological polar surface area (TPSA) is 94.2 Å². The predicted molar refractivity (Wildman–Crippen MR) is 136 cm³/mol. The monoisotopic (exact) mass is 568 g/mol. The maximum atomic E-state index is 13.1. The molecular weight excluding hydrogens is 552 g/mol. The van der Waals surface area contributed by atoms with E-state index in [9.17, 15) is 14.4 Å². The van der Waals surface area contributed by atoms with E-state index >= 15 is 0 Å². The number of imide groups is 2. The van der Waals surface area contributed by atoms with Crippen LogP contribution in [0, 0.1) is 6.92 Å². The van der Waals surface area contributed by atoms with Gasteiger partial charge in [-0.05, 0) is 82.0 Å². The highest BCUT2D eigenvalue weighted by Gasteiger charge is 2.37. The van der Waals surface area contributed by atoms with Crippen molar-refractivity contribution >= 4 is 57.1 Å². The van der Waals surface area contributed by atoms with E-state index in [1.165, 1.54) is 12.1 Å². The van der Waals surface area contributed by atoms with Crippen LogP contribution >= 0.6 is 27.5 Å². The predicted octanol–water partition coefficient (Wildman–Crippen LogP) is 5.39. The summed E-state index contributed by atoms with van der Waals surface area (Å²) in [6, 6.07) is 14.7. The van der Waals surface area contributed by atoms with E-state index in [0.29, 0.717) is 38.9 Å². The molecule has 1 fully saturated rings. The van der Waals surface area contributed by atoms with Gasteiger partial charge in [0.15, 0.2) is 11.5 Å². The van der Waals surface area contributed by atoms with Gasteiger partial charge < -0.3 is 14.2 Å². The molecule has 0 radical (unpaired) electrons. The smallest absolute Gasteiger partial charge is 0.335 e. The van der Waals surface area contributed by atoms with E-state index in [-0.39, 0.29) is 18.1 Å².